The summed E-state index contributed by atoms with van der Waals surface area (Å²) in [4.78, 5) is 0. The fourth-order valence-electron chi connectivity index (χ4n) is 2.37. The van der Waals surface area contributed by atoms with Crippen molar-refractivity contribution in [2.45, 2.75) is 19.3 Å². The molecular weight excluding hydrogens is 218 g/mol. The van der Waals surface area contributed by atoms with Crippen molar-refractivity contribution in [3.05, 3.63) is 54.6 Å². The summed E-state index contributed by atoms with van der Waals surface area (Å²) in [7, 11) is 0. The van der Waals surface area contributed by atoms with Crippen LogP contribution in [0.5, 0.6) is 0 Å². The molecule has 1 aliphatic rings. The number of benzene rings is 2. The molecule has 2 aromatic rings. The molecule has 1 aliphatic carbocycles. The quantitative estimate of drug-likeness (QED) is 0.821. The smallest absolute Gasteiger partial charge is 0.0340 e. The largest absolute Gasteiger partial charge is 0.385 e. The Morgan fingerprint density at radius 1 is 0.833 bits per heavy atom. The number of anilines is 1. The molecule has 0 unspecified atom stereocenters. The zero-order valence-electron chi connectivity index (χ0n) is 10.6. The molecular formula is C17H19N. The van der Waals surface area contributed by atoms with Gasteiger partial charge in [-0.15, -0.1) is 0 Å². The number of hydrogen-bond acceptors (Lipinski definition) is 1. The molecule has 1 N–H and O–H groups in total. The molecule has 1 saturated carbocycles. The van der Waals surface area contributed by atoms with Gasteiger partial charge in [-0.2, -0.15) is 0 Å². The molecule has 0 amide bonds. The minimum atomic E-state index is 0.902. The van der Waals surface area contributed by atoms with Gasteiger partial charge < -0.3 is 5.32 Å². The molecule has 0 spiro atoms. The van der Waals surface area contributed by atoms with Gasteiger partial charge in [0, 0.05) is 12.2 Å². The van der Waals surface area contributed by atoms with E-state index in [1.54, 1.807) is 0 Å². The van der Waals surface area contributed by atoms with Gasteiger partial charge in [-0.05, 0) is 42.0 Å². The van der Waals surface area contributed by atoms with E-state index < -0.39 is 0 Å². The van der Waals surface area contributed by atoms with Crippen molar-refractivity contribution in [3.8, 4) is 11.1 Å². The molecule has 92 valence electrons. The third kappa shape index (κ3) is 2.56. The molecule has 0 bridgehead atoms. The van der Waals surface area contributed by atoms with Crippen LogP contribution >= 0.6 is 0 Å². The molecule has 2 aromatic carbocycles. The van der Waals surface area contributed by atoms with Crippen LogP contribution in [-0.4, -0.2) is 6.54 Å². The van der Waals surface area contributed by atoms with Crippen LogP contribution in [-0.2, 0) is 0 Å². The Morgan fingerprint density at radius 3 is 2.11 bits per heavy atom. The first kappa shape index (κ1) is 11.3. The summed E-state index contributed by atoms with van der Waals surface area (Å²) >= 11 is 0. The molecule has 0 aliphatic heterocycles. The van der Waals surface area contributed by atoms with Crippen molar-refractivity contribution in [1.82, 2.24) is 0 Å². The van der Waals surface area contributed by atoms with Crippen molar-refractivity contribution in [1.29, 1.82) is 0 Å². The Labute approximate surface area is 109 Å². The van der Waals surface area contributed by atoms with Gasteiger partial charge in [0.25, 0.3) is 0 Å². The summed E-state index contributed by atoms with van der Waals surface area (Å²) in [6.07, 6.45) is 4.21. The summed E-state index contributed by atoms with van der Waals surface area (Å²) in [6, 6.07) is 19.3. The SMILES string of the molecule is c1ccc(-c2ccc(NCC3CCC3)cc2)cc1. The monoisotopic (exact) mass is 237 g/mol. The predicted molar refractivity (Wildman–Crippen MR) is 77.7 cm³/mol. The highest BCUT2D eigenvalue weighted by Gasteiger charge is 2.16. The molecule has 3 rings (SSSR count). The fourth-order valence-corrected chi connectivity index (χ4v) is 2.37. The van der Waals surface area contributed by atoms with Crippen LogP contribution in [0.1, 0.15) is 19.3 Å². The first-order valence-corrected chi connectivity index (χ1v) is 6.81. The topological polar surface area (TPSA) is 12.0 Å². The van der Waals surface area contributed by atoms with Gasteiger partial charge >= 0.3 is 0 Å². The molecule has 1 nitrogen and oxygen atoms in total. The lowest BCUT2D eigenvalue weighted by Crippen LogP contribution is -2.20. The zero-order chi connectivity index (χ0) is 12.2. The molecule has 0 saturated heterocycles. The van der Waals surface area contributed by atoms with Gasteiger partial charge in [0.2, 0.25) is 0 Å². The number of hydrogen-bond donors (Lipinski definition) is 1. The third-order valence-corrected chi connectivity index (χ3v) is 3.81. The van der Waals surface area contributed by atoms with Gasteiger partial charge in [-0.25, -0.2) is 0 Å². The van der Waals surface area contributed by atoms with Crippen LogP contribution in [0.2, 0.25) is 0 Å². The second kappa shape index (κ2) is 5.26. The first-order valence-electron chi connectivity index (χ1n) is 6.81. The summed E-state index contributed by atoms with van der Waals surface area (Å²) < 4.78 is 0. The van der Waals surface area contributed by atoms with Gasteiger partial charge in [0.15, 0.2) is 0 Å². The van der Waals surface area contributed by atoms with E-state index in [9.17, 15) is 0 Å². The van der Waals surface area contributed by atoms with Crippen molar-refractivity contribution in [3.63, 3.8) is 0 Å². The maximum Gasteiger partial charge on any atom is 0.0340 e. The van der Waals surface area contributed by atoms with E-state index in [0.29, 0.717) is 0 Å². The van der Waals surface area contributed by atoms with Gasteiger partial charge in [-0.3, -0.25) is 0 Å². The van der Waals surface area contributed by atoms with Gasteiger partial charge in [-0.1, -0.05) is 48.9 Å². The average molecular weight is 237 g/mol. The second-order valence-electron chi connectivity index (χ2n) is 5.12. The van der Waals surface area contributed by atoms with Crippen LogP contribution in [0.15, 0.2) is 54.6 Å². The normalized spacial score (nSPS) is 15.1. The molecule has 1 heteroatoms. The van der Waals surface area contributed by atoms with E-state index in [0.717, 1.165) is 12.5 Å². The maximum atomic E-state index is 3.53. The standard InChI is InChI=1S/C17H19N/c1-2-7-15(8-3-1)16-9-11-17(12-10-16)18-13-14-5-4-6-14/h1-3,7-12,14,18H,4-6,13H2. The van der Waals surface area contributed by atoms with Crippen LogP contribution < -0.4 is 5.32 Å². The predicted octanol–water partition coefficient (Wildman–Crippen LogP) is 4.57. The molecule has 0 atom stereocenters. The van der Waals surface area contributed by atoms with Crippen LogP contribution in [0.25, 0.3) is 11.1 Å². The van der Waals surface area contributed by atoms with Crippen molar-refractivity contribution in [2.24, 2.45) is 5.92 Å². The number of nitrogens with one attached hydrogen (secondary N) is 1. The summed E-state index contributed by atoms with van der Waals surface area (Å²) in [5.74, 6) is 0.902. The minimum Gasteiger partial charge on any atom is -0.385 e. The molecule has 1 fully saturated rings. The molecule has 18 heavy (non-hydrogen) atoms. The Bertz CT molecular complexity index is 483. The van der Waals surface area contributed by atoms with Gasteiger partial charge in [0.1, 0.15) is 0 Å². The van der Waals surface area contributed by atoms with E-state index >= 15 is 0 Å². The van der Waals surface area contributed by atoms with Gasteiger partial charge in [0.05, 0.1) is 0 Å². The van der Waals surface area contributed by atoms with Crippen LogP contribution in [0.3, 0.4) is 0 Å². The zero-order valence-corrected chi connectivity index (χ0v) is 10.6. The van der Waals surface area contributed by atoms with E-state index in [2.05, 4.69) is 59.9 Å². The highest BCUT2D eigenvalue weighted by Crippen LogP contribution is 2.27. The summed E-state index contributed by atoms with van der Waals surface area (Å²) in [5.41, 5.74) is 3.80. The summed E-state index contributed by atoms with van der Waals surface area (Å²) in [6.45, 7) is 1.13. The number of rotatable bonds is 4. The Kier molecular flexibility index (Phi) is 3.31. The Balaban J connectivity index is 1.65. The maximum absolute atomic E-state index is 3.53. The van der Waals surface area contributed by atoms with Crippen molar-refractivity contribution >= 4 is 5.69 Å². The lowest BCUT2D eigenvalue weighted by Gasteiger charge is -2.25. The van der Waals surface area contributed by atoms with E-state index in [4.69, 9.17) is 0 Å². The molecule has 0 aromatic heterocycles. The second-order valence-corrected chi connectivity index (χ2v) is 5.12. The fraction of sp³-hybridized carbons (Fsp3) is 0.294. The van der Waals surface area contributed by atoms with E-state index in [1.807, 2.05) is 0 Å². The Hall–Kier alpha value is -1.76. The molecule has 0 radical (unpaired) electrons. The third-order valence-electron chi connectivity index (χ3n) is 3.81. The average Bonchev–Trinajstić information content (AvgIpc) is 2.39. The van der Waals surface area contributed by atoms with Crippen molar-refractivity contribution < 1.29 is 0 Å². The first-order chi connectivity index (χ1) is 8.92. The van der Waals surface area contributed by atoms with E-state index in [1.165, 1.54) is 36.1 Å². The minimum absolute atomic E-state index is 0.902. The highest BCUT2D eigenvalue weighted by molar-refractivity contribution is 5.65. The lowest BCUT2D eigenvalue weighted by atomic mass is 9.85. The Morgan fingerprint density at radius 2 is 1.50 bits per heavy atom. The van der Waals surface area contributed by atoms with Crippen LogP contribution in [0.4, 0.5) is 5.69 Å². The molecule has 0 heterocycles. The lowest BCUT2D eigenvalue weighted by molar-refractivity contribution is 0.333. The van der Waals surface area contributed by atoms with Crippen LogP contribution in [0, 0.1) is 5.92 Å². The van der Waals surface area contributed by atoms with Crippen molar-refractivity contribution in [2.75, 3.05) is 11.9 Å². The summed E-state index contributed by atoms with van der Waals surface area (Å²) in [5, 5.41) is 3.53. The van der Waals surface area contributed by atoms with E-state index in [-0.39, 0.29) is 0 Å². The highest BCUT2D eigenvalue weighted by atomic mass is 14.9.